The van der Waals surface area contributed by atoms with Crippen LogP contribution in [0.15, 0.2) is 12.5 Å². The Morgan fingerprint density at radius 1 is 1.15 bits per heavy atom. The van der Waals surface area contributed by atoms with Crippen molar-refractivity contribution >= 4 is 0 Å². The predicted molar refractivity (Wildman–Crippen MR) is 76.6 cm³/mol. The van der Waals surface area contributed by atoms with Crippen molar-refractivity contribution in [1.82, 2.24) is 25.5 Å². The Hall–Kier alpha value is -1.62. The van der Waals surface area contributed by atoms with Crippen LogP contribution in [0.3, 0.4) is 0 Å². The van der Waals surface area contributed by atoms with E-state index in [1.165, 1.54) is 49.1 Å². The highest BCUT2D eigenvalue weighted by Crippen LogP contribution is 2.37. The number of fused-ring (bicyclic) bond motifs is 1. The quantitative estimate of drug-likeness (QED) is 0.785. The number of hydrogen-bond donors (Lipinski definition) is 3. The van der Waals surface area contributed by atoms with Crippen LogP contribution in [0.4, 0.5) is 0 Å². The van der Waals surface area contributed by atoms with E-state index in [1.807, 2.05) is 12.5 Å². The summed E-state index contributed by atoms with van der Waals surface area (Å²) < 4.78 is 0. The normalized spacial score (nSPS) is 23.7. The maximum absolute atomic E-state index is 4.52. The Labute approximate surface area is 118 Å². The summed E-state index contributed by atoms with van der Waals surface area (Å²) in [7, 11) is 0. The number of hydrogen-bond acceptors (Lipinski definition) is 3. The average molecular weight is 271 g/mol. The first-order valence-corrected chi connectivity index (χ1v) is 7.72. The fourth-order valence-corrected chi connectivity index (χ4v) is 3.73. The molecule has 0 bridgehead atoms. The number of aromatic amines is 2. The number of imidazole rings is 1. The number of H-pyrrole nitrogens is 2. The molecule has 0 unspecified atom stereocenters. The van der Waals surface area contributed by atoms with Gasteiger partial charge in [-0.05, 0) is 12.8 Å². The van der Waals surface area contributed by atoms with Crippen molar-refractivity contribution in [2.75, 3.05) is 6.54 Å². The van der Waals surface area contributed by atoms with Crippen molar-refractivity contribution in [3.8, 4) is 0 Å². The van der Waals surface area contributed by atoms with E-state index in [-0.39, 0.29) is 6.04 Å². The molecule has 2 aliphatic rings. The summed E-state index contributed by atoms with van der Waals surface area (Å²) in [6, 6.07) is 0.195. The van der Waals surface area contributed by atoms with Crippen molar-refractivity contribution < 1.29 is 0 Å². The second-order valence-corrected chi connectivity index (χ2v) is 5.98. The van der Waals surface area contributed by atoms with Gasteiger partial charge in [-0.1, -0.05) is 19.3 Å². The van der Waals surface area contributed by atoms with E-state index in [2.05, 4.69) is 25.5 Å². The van der Waals surface area contributed by atoms with Crippen LogP contribution >= 0.6 is 0 Å². The number of aromatic nitrogens is 4. The molecule has 3 N–H and O–H groups in total. The van der Waals surface area contributed by atoms with Gasteiger partial charge in [-0.3, -0.25) is 5.10 Å². The molecule has 0 amide bonds. The molecule has 5 nitrogen and oxygen atoms in total. The summed E-state index contributed by atoms with van der Waals surface area (Å²) in [5.41, 5.74) is 5.04. The second kappa shape index (κ2) is 5.05. The monoisotopic (exact) mass is 271 g/mol. The first-order chi connectivity index (χ1) is 9.93. The van der Waals surface area contributed by atoms with Gasteiger partial charge in [-0.25, -0.2) is 4.98 Å². The highest BCUT2D eigenvalue weighted by atomic mass is 15.1. The number of nitrogens with one attached hydrogen (secondary N) is 3. The summed E-state index contributed by atoms with van der Waals surface area (Å²) in [5, 5.41) is 11.2. The molecule has 1 aliphatic heterocycles. The van der Waals surface area contributed by atoms with Crippen molar-refractivity contribution in [3.63, 3.8) is 0 Å². The van der Waals surface area contributed by atoms with Gasteiger partial charge in [0.2, 0.25) is 0 Å². The molecule has 2 aromatic rings. The zero-order valence-corrected chi connectivity index (χ0v) is 11.7. The van der Waals surface area contributed by atoms with Crippen LogP contribution in [0.25, 0.3) is 0 Å². The molecule has 0 saturated heterocycles. The van der Waals surface area contributed by atoms with Crippen molar-refractivity contribution in [2.24, 2.45) is 0 Å². The number of nitrogens with zero attached hydrogens (tertiary/aromatic N) is 2. The van der Waals surface area contributed by atoms with Crippen LogP contribution in [0.5, 0.6) is 0 Å². The van der Waals surface area contributed by atoms with Gasteiger partial charge >= 0.3 is 0 Å². The van der Waals surface area contributed by atoms with Crippen LogP contribution in [-0.4, -0.2) is 26.7 Å². The zero-order valence-electron chi connectivity index (χ0n) is 11.7. The van der Waals surface area contributed by atoms with Crippen LogP contribution in [-0.2, 0) is 6.42 Å². The van der Waals surface area contributed by atoms with Crippen molar-refractivity contribution in [1.29, 1.82) is 0 Å². The third kappa shape index (κ3) is 1.97. The van der Waals surface area contributed by atoms with E-state index < -0.39 is 0 Å². The third-order valence-corrected chi connectivity index (χ3v) is 4.77. The van der Waals surface area contributed by atoms with E-state index in [9.17, 15) is 0 Å². The molecule has 1 saturated carbocycles. The minimum atomic E-state index is 0.195. The van der Waals surface area contributed by atoms with Crippen LogP contribution < -0.4 is 5.32 Å². The van der Waals surface area contributed by atoms with Crippen molar-refractivity contribution in [2.45, 2.75) is 50.5 Å². The van der Waals surface area contributed by atoms with E-state index in [4.69, 9.17) is 0 Å². The summed E-state index contributed by atoms with van der Waals surface area (Å²) >= 11 is 0. The maximum atomic E-state index is 4.52. The summed E-state index contributed by atoms with van der Waals surface area (Å²) in [5.74, 6) is 0.646. The van der Waals surface area contributed by atoms with Gasteiger partial charge in [0.25, 0.3) is 0 Å². The molecule has 20 heavy (non-hydrogen) atoms. The molecule has 5 heteroatoms. The van der Waals surface area contributed by atoms with Gasteiger partial charge in [0.1, 0.15) is 0 Å². The molecular weight excluding hydrogens is 250 g/mol. The molecule has 1 fully saturated rings. The molecule has 0 aromatic carbocycles. The van der Waals surface area contributed by atoms with Crippen LogP contribution in [0.2, 0.25) is 0 Å². The van der Waals surface area contributed by atoms with E-state index in [1.54, 1.807) is 0 Å². The zero-order chi connectivity index (χ0) is 13.4. The standard InChI is InChI=1S/C15H21N5/c1-2-4-10(5-3-1)13-11(8-19-20-13)14-15-12(6-7-16-14)17-9-18-15/h8-10,14,16H,1-7H2,(H,17,18)(H,19,20)/t14-/m0/s1. The van der Waals surface area contributed by atoms with Gasteiger partial charge in [-0.2, -0.15) is 5.10 Å². The van der Waals surface area contributed by atoms with Gasteiger partial charge in [0, 0.05) is 35.8 Å². The lowest BCUT2D eigenvalue weighted by Gasteiger charge is -2.26. The minimum Gasteiger partial charge on any atom is -0.348 e. The van der Waals surface area contributed by atoms with Crippen molar-refractivity contribution in [3.05, 3.63) is 35.2 Å². The molecule has 0 spiro atoms. The van der Waals surface area contributed by atoms with Gasteiger partial charge in [0.15, 0.2) is 0 Å². The summed E-state index contributed by atoms with van der Waals surface area (Å²) in [4.78, 5) is 7.79. The van der Waals surface area contributed by atoms with Crippen LogP contribution in [0, 0.1) is 0 Å². The second-order valence-electron chi connectivity index (χ2n) is 5.98. The van der Waals surface area contributed by atoms with E-state index >= 15 is 0 Å². The highest BCUT2D eigenvalue weighted by molar-refractivity contribution is 5.35. The Bertz CT molecular complexity index is 579. The molecule has 106 valence electrons. The molecule has 1 atom stereocenters. The summed E-state index contributed by atoms with van der Waals surface area (Å²) in [6.07, 6.45) is 11.5. The molecular formula is C15H21N5. The maximum Gasteiger partial charge on any atom is 0.0926 e. The first-order valence-electron chi connectivity index (χ1n) is 7.72. The fourth-order valence-electron chi connectivity index (χ4n) is 3.73. The lowest BCUT2D eigenvalue weighted by atomic mass is 9.84. The Morgan fingerprint density at radius 2 is 2.05 bits per heavy atom. The largest absolute Gasteiger partial charge is 0.348 e. The van der Waals surface area contributed by atoms with Gasteiger partial charge in [0.05, 0.1) is 24.3 Å². The highest BCUT2D eigenvalue weighted by Gasteiger charge is 2.29. The topological polar surface area (TPSA) is 69.4 Å². The average Bonchev–Trinajstić information content (AvgIpc) is 3.16. The molecule has 1 aliphatic carbocycles. The molecule has 3 heterocycles. The first kappa shape index (κ1) is 12.1. The lowest BCUT2D eigenvalue weighted by Crippen LogP contribution is -2.31. The van der Waals surface area contributed by atoms with Gasteiger partial charge in [-0.15, -0.1) is 0 Å². The number of rotatable bonds is 2. The molecule has 2 aromatic heterocycles. The van der Waals surface area contributed by atoms with Crippen LogP contribution in [0.1, 0.15) is 66.7 Å². The Morgan fingerprint density at radius 3 is 2.95 bits per heavy atom. The van der Waals surface area contributed by atoms with E-state index in [0.29, 0.717) is 5.92 Å². The predicted octanol–water partition coefficient (Wildman–Crippen LogP) is 2.42. The summed E-state index contributed by atoms with van der Waals surface area (Å²) in [6.45, 7) is 0.995. The Balaban J connectivity index is 1.68. The molecule has 4 rings (SSSR count). The lowest BCUT2D eigenvalue weighted by molar-refractivity contribution is 0.430. The minimum absolute atomic E-state index is 0.195. The van der Waals surface area contributed by atoms with Gasteiger partial charge < -0.3 is 10.3 Å². The smallest absolute Gasteiger partial charge is 0.0926 e. The van der Waals surface area contributed by atoms with E-state index in [0.717, 1.165) is 18.7 Å². The fraction of sp³-hybridized carbons (Fsp3) is 0.600. The molecule has 0 radical (unpaired) electrons. The SMILES string of the molecule is c1nc2c([nH]1)CCN[C@H]2c1cn[nH]c1C1CCCCC1. The third-order valence-electron chi connectivity index (χ3n) is 4.77. The Kier molecular flexibility index (Phi) is 3.07.